The number of nitrogens with zero attached hydrogens (tertiary/aromatic N) is 2. The van der Waals surface area contributed by atoms with Crippen molar-refractivity contribution in [2.75, 3.05) is 32.7 Å². The van der Waals surface area contributed by atoms with E-state index in [1.54, 1.807) is 12.1 Å². The van der Waals surface area contributed by atoms with E-state index in [-0.39, 0.29) is 5.91 Å². The van der Waals surface area contributed by atoms with Gasteiger partial charge in [-0.3, -0.25) is 4.79 Å². The van der Waals surface area contributed by atoms with Crippen LogP contribution in [0.3, 0.4) is 0 Å². The number of piperidine rings is 1. The molecule has 0 aliphatic carbocycles. The van der Waals surface area contributed by atoms with Crippen LogP contribution >= 0.6 is 0 Å². The minimum Gasteiger partial charge on any atom is -0.343 e. The number of likely N-dealkylation sites (tertiary alicyclic amines) is 1. The normalized spacial score (nSPS) is 16.2. The molecule has 0 atom stereocenters. The lowest BCUT2D eigenvalue weighted by Crippen LogP contribution is -2.40. The van der Waals surface area contributed by atoms with Crippen LogP contribution < -0.4 is 5.73 Å². The fourth-order valence-corrected chi connectivity index (χ4v) is 4.83. The third-order valence-corrected chi connectivity index (χ3v) is 7.26. The number of hydrogen-bond donors (Lipinski definition) is 1. The summed E-state index contributed by atoms with van der Waals surface area (Å²) in [5.74, 6) is 0.708. The molecule has 1 aromatic rings. The molecule has 1 heterocycles. The van der Waals surface area contributed by atoms with E-state index in [4.69, 9.17) is 5.73 Å². The smallest absolute Gasteiger partial charge is 0.243 e. The topological polar surface area (TPSA) is 83.7 Å². The van der Waals surface area contributed by atoms with E-state index in [1.165, 1.54) is 4.31 Å². The molecule has 1 aliphatic heterocycles. The van der Waals surface area contributed by atoms with Crippen LogP contribution in [0.1, 0.15) is 38.7 Å². The molecule has 2 rings (SSSR count). The lowest BCUT2D eigenvalue weighted by Gasteiger charge is -2.31. The molecule has 1 amide bonds. The Bertz CT molecular complexity index is 676. The average Bonchev–Trinajstić information content (AvgIpc) is 2.67. The van der Waals surface area contributed by atoms with Crippen LogP contribution in [0, 0.1) is 5.92 Å². The van der Waals surface area contributed by atoms with Crippen LogP contribution in [-0.2, 0) is 21.2 Å². The van der Waals surface area contributed by atoms with Gasteiger partial charge in [-0.1, -0.05) is 26.0 Å². The standard InChI is InChI=1S/C19H31N3O3S/c1-3-22(4-2)26(24,25)18-8-5-16(6-9-18)7-10-19(23)21-13-11-17(15-20)12-14-21/h5-6,8-9,17H,3-4,7,10-15,20H2,1-2H3. The third-order valence-electron chi connectivity index (χ3n) is 5.19. The fraction of sp³-hybridized carbons (Fsp3) is 0.632. The van der Waals surface area contributed by atoms with E-state index in [2.05, 4.69) is 0 Å². The second-order valence-corrected chi connectivity index (χ2v) is 8.73. The molecule has 0 bridgehead atoms. The van der Waals surface area contributed by atoms with Crippen LogP contribution in [-0.4, -0.2) is 56.3 Å². The van der Waals surface area contributed by atoms with Gasteiger partial charge >= 0.3 is 0 Å². The highest BCUT2D eigenvalue weighted by atomic mass is 32.2. The van der Waals surface area contributed by atoms with E-state index < -0.39 is 10.0 Å². The number of nitrogens with two attached hydrogens (primary N) is 1. The minimum absolute atomic E-state index is 0.167. The summed E-state index contributed by atoms with van der Waals surface area (Å²) in [6.07, 6.45) is 3.05. The van der Waals surface area contributed by atoms with Crippen molar-refractivity contribution in [3.63, 3.8) is 0 Å². The highest BCUT2D eigenvalue weighted by Crippen LogP contribution is 2.19. The van der Waals surface area contributed by atoms with Crippen LogP contribution in [0.4, 0.5) is 0 Å². The zero-order valence-electron chi connectivity index (χ0n) is 15.9. The summed E-state index contributed by atoms with van der Waals surface area (Å²) in [5, 5.41) is 0. The van der Waals surface area contributed by atoms with Crippen molar-refractivity contribution in [2.45, 2.75) is 44.4 Å². The van der Waals surface area contributed by atoms with Crippen LogP contribution in [0.15, 0.2) is 29.2 Å². The Balaban J connectivity index is 1.90. The summed E-state index contributed by atoms with van der Waals surface area (Å²) in [4.78, 5) is 14.6. The Kier molecular flexibility index (Phi) is 7.61. The Labute approximate surface area is 157 Å². The maximum atomic E-state index is 12.5. The first-order valence-corrected chi connectivity index (χ1v) is 10.9. The van der Waals surface area contributed by atoms with Crippen molar-refractivity contribution in [3.8, 4) is 0 Å². The number of carbonyl (C=O) groups is 1. The second-order valence-electron chi connectivity index (χ2n) is 6.79. The van der Waals surface area contributed by atoms with Crippen molar-refractivity contribution in [1.82, 2.24) is 9.21 Å². The van der Waals surface area contributed by atoms with Gasteiger partial charge in [0, 0.05) is 32.6 Å². The molecule has 26 heavy (non-hydrogen) atoms. The highest BCUT2D eigenvalue weighted by molar-refractivity contribution is 7.89. The molecule has 6 nitrogen and oxygen atoms in total. The second kappa shape index (κ2) is 9.48. The molecule has 0 aromatic heterocycles. The minimum atomic E-state index is -3.43. The van der Waals surface area contributed by atoms with E-state index >= 15 is 0 Å². The molecule has 0 saturated carbocycles. The first kappa shape index (κ1) is 20.9. The molecule has 0 spiro atoms. The number of amides is 1. The molecular formula is C19H31N3O3S. The Morgan fingerprint density at radius 2 is 1.73 bits per heavy atom. The zero-order chi connectivity index (χ0) is 19.2. The summed E-state index contributed by atoms with van der Waals surface area (Å²) in [6.45, 7) is 6.86. The highest BCUT2D eigenvalue weighted by Gasteiger charge is 2.23. The summed E-state index contributed by atoms with van der Waals surface area (Å²) in [7, 11) is -3.43. The number of rotatable bonds is 8. The van der Waals surface area contributed by atoms with Gasteiger partial charge in [-0.15, -0.1) is 0 Å². The lowest BCUT2D eigenvalue weighted by atomic mass is 9.97. The zero-order valence-corrected chi connectivity index (χ0v) is 16.7. The van der Waals surface area contributed by atoms with Gasteiger partial charge < -0.3 is 10.6 Å². The first-order valence-electron chi connectivity index (χ1n) is 9.49. The largest absolute Gasteiger partial charge is 0.343 e. The third kappa shape index (κ3) is 5.05. The Hall–Kier alpha value is -1.44. The molecule has 1 fully saturated rings. The van der Waals surface area contributed by atoms with Gasteiger partial charge in [0.15, 0.2) is 0 Å². The van der Waals surface area contributed by atoms with Gasteiger partial charge in [0.25, 0.3) is 0 Å². The van der Waals surface area contributed by atoms with Gasteiger partial charge in [-0.25, -0.2) is 8.42 Å². The molecule has 1 aromatic carbocycles. The van der Waals surface area contributed by atoms with Crippen LogP contribution in [0.2, 0.25) is 0 Å². The molecule has 1 saturated heterocycles. The van der Waals surface area contributed by atoms with Crippen LogP contribution in [0.25, 0.3) is 0 Å². The molecule has 7 heteroatoms. The maximum absolute atomic E-state index is 12.5. The van der Waals surface area contributed by atoms with E-state index in [0.29, 0.717) is 43.3 Å². The van der Waals surface area contributed by atoms with E-state index in [1.807, 2.05) is 30.9 Å². The number of carbonyl (C=O) groups excluding carboxylic acids is 1. The summed E-state index contributed by atoms with van der Waals surface area (Å²) in [5.41, 5.74) is 6.67. The number of benzene rings is 1. The van der Waals surface area contributed by atoms with Gasteiger partial charge in [0.2, 0.25) is 15.9 Å². The Morgan fingerprint density at radius 1 is 1.15 bits per heavy atom. The fourth-order valence-electron chi connectivity index (χ4n) is 3.37. The number of aryl methyl sites for hydroxylation is 1. The van der Waals surface area contributed by atoms with Crippen molar-refractivity contribution < 1.29 is 13.2 Å². The van der Waals surface area contributed by atoms with Crippen molar-refractivity contribution in [3.05, 3.63) is 29.8 Å². The van der Waals surface area contributed by atoms with E-state index in [0.717, 1.165) is 31.5 Å². The molecule has 2 N–H and O–H groups in total. The monoisotopic (exact) mass is 381 g/mol. The van der Waals surface area contributed by atoms with Crippen LogP contribution in [0.5, 0.6) is 0 Å². The number of hydrogen-bond acceptors (Lipinski definition) is 4. The van der Waals surface area contributed by atoms with Gasteiger partial charge in [-0.2, -0.15) is 4.31 Å². The van der Waals surface area contributed by atoms with Crippen molar-refractivity contribution >= 4 is 15.9 Å². The maximum Gasteiger partial charge on any atom is 0.243 e. The summed E-state index contributed by atoms with van der Waals surface area (Å²) >= 11 is 0. The predicted octanol–water partition coefficient (Wildman–Crippen LogP) is 1.85. The molecular weight excluding hydrogens is 350 g/mol. The SMILES string of the molecule is CCN(CC)S(=O)(=O)c1ccc(CCC(=O)N2CCC(CN)CC2)cc1. The molecule has 0 radical (unpaired) electrons. The van der Waals surface area contributed by atoms with Crippen molar-refractivity contribution in [1.29, 1.82) is 0 Å². The predicted molar refractivity (Wildman–Crippen MR) is 103 cm³/mol. The summed E-state index contributed by atoms with van der Waals surface area (Å²) < 4.78 is 26.4. The molecule has 146 valence electrons. The van der Waals surface area contributed by atoms with Gasteiger partial charge in [0.1, 0.15) is 0 Å². The molecule has 0 unspecified atom stereocenters. The molecule has 1 aliphatic rings. The van der Waals surface area contributed by atoms with E-state index in [9.17, 15) is 13.2 Å². The lowest BCUT2D eigenvalue weighted by molar-refractivity contribution is -0.132. The van der Waals surface area contributed by atoms with Gasteiger partial charge in [-0.05, 0) is 49.4 Å². The number of sulfonamides is 1. The quantitative estimate of drug-likeness (QED) is 0.745. The average molecular weight is 382 g/mol. The first-order chi connectivity index (χ1) is 12.4. The van der Waals surface area contributed by atoms with Gasteiger partial charge in [0.05, 0.1) is 4.90 Å². The summed E-state index contributed by atoms with van der Waals surface area (Å²) in [6, 6.07) is 6.90. The van der Waals surface area contributed by atoms with Crippen molar-refractivity contribution in [2.24, 2.45) is 11.7 Å². The Morgan fingerprint density at radius 3 is 2.23 bits per heavy atom.